The van der Waals surface area contributed by atoms with Crippen molar-refractivity contribution in [3.8, 4) is 5.75 Å². The van der Waals surface area contributed by atoms with Crippen LogP contribution in [0, 0.1) is 5.92 Å². The molecule has 0 saturated carbocycles. The van der Waals surface area contributed by atoms with E-state index in [1.165, 1.54) is 6.92 Å². The zero-order valence-corrected chi connectivity index (χ0v) is 15.9. The smallest absolute Gasteiger partial charge is 0.221 e. The summed E-state index contributed by atoms with van der Waals surface area (Å²) in [5, 5.41) is 9.28. The van der Waals surface area contributed by atoms with E-state index in [4.69, 9.17) is 4.74 Å². The van der Waals surface area contributed by atoms with Crippen molar-refractivity contribution in [1.82, 2.24) is 10.6 Å². The zero-order chi connectivity index (χ0) is 18.5. The standard InChI is InChI=1S/C19H32N4O2/c1-5-16(6-2)14-22-19(20-7-3)21-11-12-25-18-10-8-9-17(13-18)23-15(4)24/h8-10,13,16H,5-7,11-12,14H2,1-4H3,(H,23,24)(H2,20,21,22). The molecular formula is C19H32N4O2. The number of aliphatic imine (C=N–C) groups is 1. The number of benzene rings is 1. The predicted octanol–water partition coefficient (Wildman–Crippen LogP) is 3.02. The van der Waals surface area contributed by atoms with Crippen LogP contribution in [0.15, 0.2) is 29.3 Å². The number of ether oxygens (including phenoxy) is 1. The van der Waals surface area contributed by atoms with Gasteiger partial charge in [0.1, 0.15) is 12.4 Å². The molecule has 0 fully saturated rings. The fraction of sp³-hybridized carbons (Fsp3) is 0.579. The quantitative estimate of drug-likeness (QED) is 0.345. The summed E-state index contributed by atoms with van der Waals surface area (Å²) in [5.41, 5.74) is 0.734. The maximum absolute atomic E-state index is 11.1. The van der Waals surface area contributed by atoms with Crippen LogP contribution >= 0.6 is 0 Å². The average Bonchev–Trinajstić information content (AvgIpc) is 2.59. The first-order valence-corrected chi connectivity index (χ1v) is 9.11. The molecule has 6 nitrogen and oxygen atoms in total. The van der Waals surface area contributed by atoms with E-state index >= 15 is 0 Å². The summed E-state index contributed by atoms with van der Waals surface area (Å²) in [7, 11) is 0. The van der Waals surface area contributed by atoms with Crippen molar-refractivity contribution in [2.24, 2.45) is 10.9 Å². The summed E-state index contributed by atoms with van der Waals surface area (Å²) in [5.74, 6) is 2.09. The van der Waals surface area contributed by atoms with E-state index in [-0.39, 0.29) is 5.91 Å². The van der Waals surface area contributed by atoms with Crippen LogP contribution in [0.25, 0.3) is 0 Å². The molecule has 0 aliphatic rings. The van der Waals surface area contributed by atoms with Crippen LogP contribution in [-0.4, -0.2) is 38.1 Å². The van der Waals surface area contributed by atoms with Crippen LogP contribution in [0.5, 0.6) is 5.75 Å². The number of amides is 1. The Balaban J connectivity index is 2.43. The molecule has 0 spiro atoms. The molecule has 1 aromatic rings. The normalized spacial score (nSPS) is 11.3. The number of carbonyl (C=O) groups is 1. The third kappa shape index (κ3) is 8.98. The second-order valence-electron chi connectivity index (χ2n) is 5.89. The number of rotatable bonds is 10. The van der Waals surface area contributed by atoms with E-state index in [0.29, 0.717) is 19.1 Å². The third-order valence-corrected chi connectivity index (χ3v) is 3.82. The maximum atomic E-state index is 11.1. The van der Waals surface area contributed by atoms with Gasteiger partial charge in [-0.3, -0.25) is 9.79 Å². The Kier molecular flexibility index (Phi) is 10.1. The molecule has 0 bridgehead atoms. The van der Waals surface area contributed by atoms with Crippen molar-refractivity contribution < 1.29 is 9.53 Å². The van der Waals surface area contributed by atoms with Gasteiger partial charge in [0.15, 0.2) is 5.96 Å². The molecule has 0 aromatic heterocycles. The molecule has 0 aliphatic carbocycles. The highest BCUT2D eigenvalue weighted by molar-refractivity contribution is 5.88. The van der Waals surface area contributed by atoms with Gasteiger partial charge >= 0.3 is 0 Å². The largest absolute Gasteiger partial charge is 0.492 e. The van der Waals surface area contributed by atoms with Crippen molar-refractivity contribution in [3.63, 3.8) is 0 Å². The van der Waals surface area contributed by atoms with Gasteiger partial charge in [-0.1, -0.05) is 32.8 Å². The number of carbonyl (C=O) groups excluding carboxylic acids is 1. The second-order valence-corrected chi connectivity index (χ2v) is 5.89. The summed E-state index contributed by atoms with van der Waals surface area (Å²) >= 11 is 0. The topological polar surface area (TPSA) is 74.8 Å². The SMILES string of the molecule is CCNC(=NCC(CC)CC)NCCOc1cccc(NC(C)=O)c1. The minimum atomic E-state index is -0.0947. The van der Waals surface area contributed by atoms with Crippen LogP contribution in [-0.2, 0) is 4.79 Å². The van der Waals surface area contributed by atoms with Gasteiger partial charge in [-0.15, -0.1) is 0 Å². The fourth-order valence-corrected chi connectivity index (χ4v) is 2.31. The lowest BCUT2D eigenvalue weighted by Crippen LogP contribution is -2.39. The monoisotopic (exact) mass is 348 g/mol. The third-order valence-electron chi connectivity index (χ3n) is 3.82. The number of hydrogen-bond acceptors (Lipinski definition) is 3. The number of nitrogens with zero attached hydrogens (tertiary/aromatic N) is 1. The Morgan fingerprint density at radius 2 is 1.96 bits per heavy atom. The molecule has 1 rings (SSSR count). The molecule has 0 radical (unpaired) electrons. The predicted molar refractivity (Wildman–Crippen MR) is 104 cm³/mol. The molecular weight excluding hydrogens is 316 g/mol. The van der Waals surface area contributed by atoms with Gasteiger partial charge in [0.05, 0.1) is 6.54 Å². The number of guanidine groups is 1. The van der Waals surface area contributed by atoms with Gasteiger partial charge < -0.3 is 20.7 Å². The van der Waals surface area contributed by atoms with E-state index in [9.17, 15) is 4.79 Å². The van der Waals surface area contributed by atoms with Crippen LogP contribution in [0.2, 0.25) is 0 Å². The van der Waals surface area contributed by atoms with E-state index in [1.807, 2.05) is 24.3 Å². The molecule has 0 atom stereocenters. The first-order valence-electron chi connectivity index (χ1n) is 9.11. The molecule has 0 heterocycles. The van der Waals surface area contributed by atoms with E-state index in [1.54, 1.807) is 0 Å². The Hall–Kier alpha value is -2.24. The Labute approximate surface area is 151 Å². The molecule has 0 saturated heterocycles. The molecule has 0 aliphatic heterocycles. The summed E-state index contributed by atoms with van der Waals surface area (Å²) < 4.78 is 5.73. The lowest BCUT2D eigenvalue weighted by Gasteiger charge is -2.14. The molecule has 25 heavy (non-hydrogen) atoms. The highest BCUT2D eigenvalue weighted by Crippen LogP contribution is 2.17. The Morgan fingerprint density at radius 3 is 2.60 bits per heavy atom. The summed E-state index contributed by atoms with van der Waals surface area (Å²) in [6.07, 6.45) is 2.29. The van der Waals surface area contributed by atoms with Crippen molar-refractivity contribution in [1.29, 1.82) is 0 Å². The molecule has 3 N–H and O–H groups in total. The summed E-state index contributed by atoms with van der Waals surface area (Å²) in [6, 6.07) is 7.38. The lowest BCUT2D eigenvalue weighted by molar-refractivity contribution is -0.114. The first kappa shape index (κ1) is 20.8. The molecule has 6 heteroatoms. The Morgan fingerprint density at radius 1 is 1.20 bits per heavy atom. The lowest BCUT2D eigenvalue weighted by atomic mass is 10.0. The van der Waals surface area contributed by atoms with E-state index < -0.39 is 0 Å². The van der Waals surface area contributed by atoms with Gasteiger partial charge in [-0.2, -0.15) is 0 Å². The summed E-state index contributed by atoms with van der Waals surface area (Å²) in [4.78, 5) is 15.7. The summed E-state index contributed by atoms with van der Waals surface area (Å²) in [6.45, 7) is 10.8. The van der Waals surface area contributed by atoms with Gasteiger partial charge in [0.25, 0.3) is 0 Å². The van der Waals surface area contributed by atoms with Crippen LogP contribution in [0.1, 0.15) is 40.5 Å². The molecule has 0 unspecified atom stereocenters. The number of anilines is 1. The van der Waals surface area contributed by atoms with E-state index in [0.717, 1.165) is 43.3 Å². The zero-order valence-electron chi connectivity index (χ0n) is 15.9. The van der Waals surface area contributed by atoms with Crippen molar-refractivity contribution in [3.05, 3.63) is 24.3 Å². The fourth-order valence-electron chi connectivity index (χ4n) is 2.31. The second kappa shape index (κ2) is 12.2. The molecule has 1 aromatic carbocycles. The molecule has 140 valence electrons. The van der Waals surface area contributed by atoms with Crippen LogP contribution in [0.3, 0.4) is 0 Å². The highest BCUT2D eigenvalue weighted by Gasteiger charge is 2.04. The maximum Gasteiger partial charge on any atom is 0.221 e. The van der Waals surface area contributed by atoms with Gasteiger partial charge in [-0.25, -0.2) is 0 Å². The van der Waals surface area contributed by atoms with E-state index in [2.05, 4.69) is 41.7 Å². The van der Waals surface area contributed by atoms with Crippen LogP contribution in [0.4, 0.5) is 5.69 Å². The molecule has 1 amide bonds. The average molecular weight is 348 g/mol. The first-order chi connectivity index (χ1) is 12.1. The minimum absolute atomic E-state index is 0.0947. The van der Waals surface area contributed by atoms with Crippen molar-refractivity contribution in [2.75, 3.05) is 31.6 Å². The minimum Gasteiger partial charge on any atom is -0.492 e. The van der Waals surface area contributed by atoms with Crippen LogP contribution < -0.4 is 20.7 Å². The van der Waals surface area contributed by atoms with Gasteiger partial charge in [0.2, 0.25) is 5.91 Å². The van der Waals surface area contributed by atoms with Gasteiger partial charge in [0, 0.05) is 31.8 Å². The van der Waals surface area contributed by atoms with Gasteiger partial charge in [-0.05, 0) is 25.0 Å². The van der Waals surface area contributed by atoms with Crippen molar-refractivity contribution in [2.45, 2.75) is 40.5 Å². The number of nitrogens with one attached hydrogen (secondary N) is 3. The highest BCUT2D eigenvalue weighted by atomic mass is 16.5. The van der Waals surface area contributed by atoms with Crippen molar-refractivity contribution >= 4 is 17.6 Å². The Bertz CT molecular complexity index is 542. The number of hydrogen-bond donors (Lipinski definition) is 3.